The number of rotatable bonds is 5. The third-order valence-corrected chi connectivity index (χ3v) is 3.48. The SMILES string of the molecule is NNC(Cc1cc(F)cc(F)c1)CC1CCC1. The van der Waals surface area contributed by atoms with Crippen LogP contribution in [0.3, 0.4) is 0 Å². The number of halogens is 2. The van der Waals surface area contributed by atoms with Crippen LogP contribution in [0.25, 0.3) is 0 Å². The van der Waals surface area contributed by atoms with Crippen LogP contribution in [0.2, 0.25) is 0 Å². The van der Waals surface area contributed by atoms with Gasteiger partial charge >= 0.3 is 0 Å². The molecule has 1 aromatic carbocycles. The summed E-state index contributed by atoms with van der Waals surface area (Å²) in [6, 6.07) is 3.73. The highest BCUT2D eigenvalue weighted by atomic mass is 19.1. The summed E-state index contributed by atoms with van der Waals surface area (Å²) in [5.41, 5.74) is 3.40. The van der Waals surface area contributed by atoms with Crippen LogP contribution < -0.4 is 11.3 Å². The highest BCUT2D eigenvalue weighted by Crippen LogP contribution is 2.31. The van der Waals surface area contributed by atoms with Crippen LogP contribution in [0.1, 0.15) is 31.2 Å². The van der Waals surface area contributed by atoms with Crippen LogP contribution in [0, 0.1) is 17.6 Å². The molecule has 0 spiro atoms. The van der Waals surface area contributed by atoms with E-state index in [9.17, 15) is 8.78 Å². The van der Waals surface area contributed by atoms with Crippen LogP contribution in [0.15, 0.2) is 18.2 Å². The lowest BCUT2D eigenvalue weighted by atomic mass is 9.80. The topological polar surface area (TPSA) is 38.0 Å². The van der Waals surface area contributed by atoms with Crippen molar-refractivity contribution in [3.63, 3.8) is 0 Å². The molecule has 1 atom stereocenters. The molecule has 0 aromatic heterocycles. The molecule has 2 rings (SSSR count). The summed E-state index contributed by atoms with van der Waals surface area (Å²) in [4.78, 5) is 0. The molecule has 4 heteroatoms. The van der Waals surface area contributed by atoms with E-state index in [1.165, 1.54) is 31.4 Å². The van der Waals surface area contributed by atoms with Crippen LogP contribution >= 0.6 is 0 Å². The molecular formula is C13H18F2N2. The van der Waals surface area contributed by atoms with Crippen molar-refractivity contribution in [2.24, 2.45) is 11.8 Å². The molecule has 1 aliphatic carbocycles. The predicted molar refractivity (Wildman–Crippen MR) is 63.1 cm³/mol. The second-order valence-corrected chi connectivity index (χ2v) is 4.88. The molecular weight excluding hydrogens is 222 g/mol. The normalized spacial score (nSPS) is 17.8. The monoisotopic (exact) mass is 240 g/mol. The number of nitrogens with two attached hydrogens (primary N) is 1. The smallest absolute Gasteiger partial charge is 0.126 e. The van der Waals surface area contributed by atoms with Crippen molar-refractivity contribution in [3.8, 4) is 0 Å². The van der Waals surface area contributed by atoms with Gasteiger partial charge in [0.2, 0.25) is 0 Å². The van der Waals surface area contributed by atoms with Gasteiger partial charge in [-0.15, -0.1) is 0 Å². The Hall–Kier alpha value is -1.00. The number of hydrogen-bond donors (Lipinski definition) is 2. The molecule has 0 heterocycles. The fourth-order valence-corrected chi connectivity index (χ4v) is 2.35. The van der Waals surface area contributed by atoms with Crippen LogP contribution in [0.4, 0.5) is 8.78 Å². The molecule has 0 bridgehead atoms. The average Bonchev–Trinajstić information content (AvgIpc) is 2.20. The maximum Gasteiger partial charge on any atom is 0.126 e. The van der Waals surface area contributed by atoms with E-state index in [0.717, 1.165) is 18.4 Å². The van der Waals surface area contributed by atoms with Gasteiger partial charge in [-0.1, -0.05) is 19.3 Å². The van der Waals surface area contributed by atoms with E-state index in [2.05, 4.69) is 5.43 Å². The van der Waals surface area contributed by atoms with E-state index in [-0.39, 0.29) is 6.04 Å². The Bertz CT molecular complexity index is 357. The quantitative estimate of drug-likeness (QED) is 0.613. The zero-order valence-corrected chi connectivity index (χ0v) is 9.76. The molecule has 1 aromatic rings. The number of hydrazine groups is 1. The van der Waals surface area contributed by atoms with E-state index >= 15 is 0 Å². The van der Waals surface area contributed by atoms with Gasteiger partial charge in [0.15, 0.2) is 0 Å². The van der Waals surface area contributed by atoms with Gasteiger partial charge in [-0.3, -0.25) is 11.3 Å². The van der Waals surface area contributed by atoms with Crippen molar-refractivity contribution in [1.82, 2.24) is 5.43 Å². The Morgan fingerprint density at radius 1 is 1.24 bits per heavy atom. The minimum absolute atomic E-state index is 0.0986. The first kappa shape index (κ1) is 12.5. The maximum absolute atomic E-state index is 13.0. The summed E-state index contributed by atoms with van der Waals surface area (Å²) in [6.07, 6.45) is 5.33. The van der Waals surface area contributed by atoms with E-state index in [4.69, 9.17) is 5.84 Å². The average molecular weight is 240 g/mol. The Labute approximate surface area is 100 Å². The van der Waals surface area contributed by atoms with Gasteiger partial charge in [0.05, 0.1) is 0 Å². The van der Waals surface area contributed by atoms with Crippen LogP contribution in [-0.4, -0.2) is 6.04 Å². The molecule has 0 saturated heterocycles. The predicted octanol–water partition coefficient (Wildman–Crippen LogP) is 2.53. The second-order valence-electron chi connectivity index (χ2n) is 4.88. The van der Waals surface area contributed by atoms with E-state index in [1.54, 1.807) is 0 Å². The van der Waals surface area contributed by atoms with Gasteiger partial charge in [0, 0.05) is 12.1 Å². The first-order valence-corrected chi connectivity index (χ1v) is 6.08. The third-order valence-electron chi connectivity index (χ3n) is 3.48. The highest BCUT2D eigenvalue weighted by Gasteiger charge is 2.21. The van der Waals surface area contributed by atoms with Crippen molar-refractivity contribution in [2.45, 2.75) is 38.1 Å². The first-order valence-electron chi connectivity index (χ1n) is 6.08. The summed E-state index contributed by atoms with van der Waals surface area (Å²) in [7, 11) is 0. The van der Waals surface area contributed by atoms with Crippen molar-refractivity contribution in [2.75, 3.05) is 0 Å². The van der Waals surface area contributed by atoms with Crippen molar-refractivity contribution in [3.05, 3.63) is 35.4 Å². The van der Waals surface area contributed by atoms with E-state index < -0.39 is 11.6 Å². The summed E-state index contributed by atoms with van der Waals surface area (Å²) in [5.74, 6) is 5.15. The Morgan fingerprint density at radius 2 is 1.88 bits per heavy atom. The highest BCUT2D eigenvalue weighted by molar-refractivity contribution is 5.19. The summed E-state index contributed by atoms with van der Waals surface area (Å²) < 4.78 is 26.1. The van der Waals surface area contributed by atoms with Gasteiger partial charge in [0.25, 0.3) is 0 Å². The number of benzene rings is 1. The van der Waals surface area contributed by atoms with E-state index in [1.807, 2.05) is 0 Å². The molecule has 0 radical (unpaired) electrons. The molecule has 94 valence electrons. The standard InChI is InChI=1S/C13H18F2N2/c14-11-4-10(5-12(15)8-11)7-13(17-16)6-9-2-1-3-9/h4-5,8-9,13,17H,1-3,6-7,16H2. The minimum atomic E-state index is -0.528. The fraction of sp³-hybridized carbons (Fsp3) is 0.538. The van der Waals surface area contributed by atoms with Crippen LogP contribution in [0.5, 0.6) is 0 Å². The summed E-state index contributed by atoms with van der Waals surface area (Å²) >= 11 is 0. The molecule has 1 unspecified atom stereocenters. The molecule has 17 heavy (non-hydrogen) atoms. The van der Waals surface area contributed by atoms with E-state index in [0.29, 0.717) is 12.0 Å². The molecule has 3 N–H and O–H groups in total. The Balaban J connectivity index is 1.96. The van der Waals surface area contributed by atoms with Crippen molar-refractivity contribution < 1.29 is 8.78 Å². The molecule has 1 saturated carbocycles. The second kappa shape index (κ2) is 5.56. The molecule has 2 nitrogen and oxygen atoms in total. The van der Waals surface area contributed by atoms with Gasteiger partial charge in [-0.2, -0.15) is 0 Å². The fourth-order valence-electron chi connectivity index (χ4n) is 2.35. The number of hydrogen-bond acceptors (Lipinski definition) is 2. The summed E-state index contributed by atoms with van der Waals surface area (Å²) in [6.45, 7) is 0. The minimum Gasteiger partial charge on any atom is -0.271 e. The lowest BCUT2D eigenvalue weighted by molar-refractivity contribution is 0.259. The lowest BCUT2D eigenvalue weighted by Gasteiger charge is -2.29. The van der Waals surface area contributed by atoms with Crippen molar-refractivity contribution >= 4 is 0 Å². The van der Waals surface area contributed by atoms with Gasteiger partial charge in [0.1, 0.15) is 11.6 Å². The third kappa shape index (κ3) is 3.48. The van der Waals surface area contributed by atoms with Crippen LogP contribution in [-0.2, 0) is 6.42 Å². The first-order chi connectivity index (χ1) is 8.17. The molecule has 1 fully saturated rings. The molecule has 0 amide bonds. The lowest BCUT2D eigenvalue weighted by Crippen LogP contribution is -2.39. The van der Waals surface area contributed by atoms with Gasteiger partial charge in [-0.05, 0) is 36.5 Å². The Morgan fingerprint density at radius 3 is 2.35 bits per heavy atom. The number of nitrogens with one attached hydrogen (secondary N) is 1. The zero-order chi connectivity index (χ0) is 12.3. The van der Waals surface area contributed by atoms with Gasteiger partial charge < -0.3 is 0 Å². The van der Waals surface area contributed by atoms with Crippen molar-refractivity contribution in [1.29, 1.82) is 0 Å². The maximum atomic E-state index is 13.0. The molecule has 0 aliphatic heterocycles. The largest absolute Gasteiger partial charge is 0.271 e. The zero-order valence-electron chi connectivity index (χ0n) is 9.76. The molecule has 1 aliphatic rings. The van der Waals surface area contributed by atoms with Gasteiger partial charge in [-0.25, -0.2) is 8.78 Å². The Kier molecular flexibility index (Phi) is 4.07. The summed E-state index contributed by atoms with van der Waals surface area (Å²) in [5, 5.41) is 0.